The number of benzene rings is 1. The third kappa shape index (κ3) is 3.18. The molecule has 102 valence electrons. The maximum absolute atomic E-state index is 13.6. The van der Waals surface area contributed by atoms with Crippen LogP contribution in [-0.4, -0.2) is 26.4 Å². The van der Waals surface area contributed by atoms with Gasteiger partial charge in [0.05, 0.1) is 18.5 Å². The zero-order chi connectivity index (χ0) is 14.0. The number of anilines is 1. The van der Waals surface area contributed by atoms with E-state index in [0.29, 0.717) is 0 Å². The van der Waals surface area contributed by atoms with Crippen molar-refractivity contribution in [3.63, 3.8) is 0 Å². The molecule has 5 nitrogen and oxygen atoms in total. The van der Waals surface area contributed by atoms with Crippen LogP contribution in [0.5, 0.6) is 0 Å². The van der Waals surface area contributed by atoms with E-state index >= 15 is 0 Å². The second-order valence-electron chi connectivity index (χ2n) is 3.83. The van der Waals surface area contributed by atoms with E-state index < -0.39 is 25.0 Å². The highest BCUT2D eigenvalue weighted by Gasteiger charge is 2.28. The quantitative estimate of drug-likeness (QED) is 0.687. The van der Waals surface area contributed by atoms with Crippen molar-refractivity contribution in [2.45, 2.75) is 19.1 Å². The van der Waals surface area contributed by atoms with Gasteiger partial charge in [-0.2, -0.15) is 13.2 Å². The fourth-order valence-electron chi connectivity index (χ4n) is 1.50. The first-order valence-corrected chi connectivity index (χ1v) is 5.25. The Labute approximate surface area is 105 Å². The van der Waals surface area contributed by atoms with E-state index in [1.54, 1.807) is 0 Å². The molecule has 2 N–H and O–H groups in total. The predicted molar refractivity (Wildman–Crippen MR) is 58.3 cm³/mol. The highest BCUT2D eigenvalue weighted by atomic mass is 19.4. The molecule has 2 rings (SSSR count). The highest BCUT2D eigenvalue weighted by molar-refractivity contribution is 5.61. The first-order valence-electron chi connectivity index (χ1n) is 5.25. The van der Waals surface area contributed by atoms with Crippen molar-refractivity contribution < 1.29 is 17.6 Å². The summed E-state index contributed by atoms with van der Waals surface area (Å²) in [7, 11) is 0. The van der Waals surface area contributed by atoms with Crippen LogP contribution in [0.15, 0.2) is 18.2 Å². The molecule has 0 fully saturated rings. The molecule has 0 saturated heterocycles. The second-order valence-corrected chi connectivity index (χ2v) is 3.83. The summed E-state index contributed by atoms with van der Waals surface area (Å²) >= 11 is 0. The number of nitrogen functional groups attached to an aromatic ring is 1. The molecule has 0 atom stereocenters. The lowest BCUT2D eigenvalue weighted by Crippen LogP contribution is -2.14. The average Bonchev–Trinajstić information content (AvgIpc) is 2.77. The van der Waals surface area contributed by atoms with Gasteiger partial charge in [0.15, 0.2) is 5.82 Å². The Kier molecular flexibility index (Phi) is 3.36. The van der Waals surface area contributed by atoms with Crippen molar-refractivity contribution in [1.29, 1.82) is 0 Å². The van der Waals surface area contributed by atoms with Gasteiger partial charge < -0.3 is 5.73 Å². The van der Waals surface area contributed by atoms with Gasteiger partial charge in [-0.3, -0.25) is 0 Å². The molecule has 2 aromatic rings. The van der Waals surface area contributed by atoms with Gasteiger partial charge in [-0.25, -0.2) is 9.07 Å². The number of alkyl halides is 3. The zero-order valence-corrected chi connectivity index (χ0v) is 9.52. The smallest absolute Gasteiger partial charge is 0.390 e. The first kappa shape index (κ1) is 13.2. The number of halogens is 4. The van der Waals surface area contributed by atoms with Gasteiger partial charge in [-0.05, 0) is 28.6 Å². The van der Waals surface area contributed by atoms with Gasteiger partial charge in [-0.1, -0.05) is 0 Å². The SMILES string of the molecule is Nc1ccc(F)c(-c2nnnn2CCC(F)(F)F)c1. The minimum atomic E-state index is -4.34. The molecule has 0 amide bonds. The minimum absolute atomic E-state index is 0.0350. The third-order valence-electron chi connectivity index (χ3n) is 2.37. The second kappa shape index (κ2) is 4.82. The van der Waals surface area contributed by atoms with Crippen molar-refractivity contribution >= 4 is 5.69 Å². The summed E-state index contributed by atoms with van der Waals surface area (Å²) in [6.45, 7) is -0.486. The molecule has 1 heterocycles. The standard InChI is InChI=1S/C10H9F4N5/c11-8-2-1-6(15)5-7(8)9-16-17-18-19(9)4-3-10(12,13)14/h1-2,5H,3-4,15H2. The number of rotatable bonds is 3. The summed E-state index contributed by atoms with van der Waals surface area (Å²) in [5.41, 5.74) is 5.73. The van der Waals surface area contributed by atoms with Crippen LogP contribution in [0.1, 0.15) is 6.42 Å². The molecule has 0 aliphatic rings. The Morgan fingerprint density at radius 2 is 2.00 bits per heavy atom. The Balaban J connectivity index is 2.31. The van der Waals surface area contributed by atoms with Crippen LogP contribution < -0.4 is 5.73 Å². The van der Waals surface area contributed by atoms with Crippen molar-refractivity contribution in [3.05, 3.63) is 24.0 Å². The molecule has 0 spiro atoms. The topological polar surface area (TPSA) is 69.6 Å². The number of tetrazole rings is 1. The lowest BCUT2D eigenvalue weighted by atomic mass is 10.2. The van der Waals surface area contributed by atoms with Gasteiger partial charge in [0.1, 0.15) is 5.82 Å². The molecule has 9 heteroatoms. The number of aryl methyl sites for hydroxylation is 1. The predicted octanol–water partition coefficient (Wildman–Crippen LogP) is 2.01. The molecule has 0 saturated carbocycles. The van der Waals surface area contributed by atoms with Gasteiger partial charge in [0.2, 0.25) is 0 Å². The van der Waals surface area contributed by atoms with Crippen LogP contribution in [-0.2, 0) is 6.54 Å². The molecule has 0 aliphatic carbocycles. The number of hydrogen-bond donors (Lipinski definition) is 1. The molecular weight excluding hydrogens is 266 g/mol. The minimum Gasteiger partial charge on any atom is -0.399 e. The van der Waals surface area contributed by atoms with Crippen LogP contribution in [0.25, 0.3) is 11.4 Å². The van der Waals surface area contributed by atoms with Gasteiger partial charge >= 0.3 is 6.18 Å². The summed E-state index contributed by atoms with van der Waals surface area (Å²) in [6.07, 6.45) is -5.44. The Morgan fingerprint density at radius 3 is 2.68 bits per heavy atom. The Bertz CT molecular complexity index is 578. The summed E-state index contributed by atoms with van der Waals surface area (Å²) in [5, 5.41) is 10.2. The normalized spacial score (nSPS) is 11.8. The van der Waals surface area contributed by atoms with E-state index in [-0.39, 0.29) is 17.1 Å². The maximum Gasteiger partial charge on any atom is 0.390 e. The Morgan fingerprint density at radius 1 is 1.26 bits per heavy atom. The fourth-order valence-corrected chi connectivity index (χ4v) is 1.50. The van der Waals surface area contributed by atoms with Crippen LogP contribution in [0.4, 0.5) is 23.2 Å². The average molecular weight is 275 g/mol. The van der Waals surface area contributed by atoms with Crippen LogP contribution in [0.2, 0.25) is 0 Å². The number of aromatic nitrogens is 4. The molecule has 0 radical (unpaired) electrons. The fraction of sp³-hybridized carbons (Fsp3) is 0.300. The summed E-state index contributed by atoms with van der Waals surface area (Å²) in [6, 6.07) is 3.71. The molecule has 0 bridgehead atoms. The molecule has 1 aromatic carbocycles. The third-order valence-corrected chi connectivity index (χ3v) is 2.37. The van der Waals surface area contributed by atoms with Crippen molar-refractivity contribution in [1.82, 2.24) is 20.2 Å². The van der Waals surface area contributed by atoms with Crippen molar-refractivity contribution in [2.75, 3.05) is 5.73 Å². The summed E-state index contributed by atoms with van der Waals surface area (Å²) in [4.78, 5) is 0. The van der Waals surface area contributed by atoms with Crippen molar-refractivity contribution in [2.24, 2.45) is 0 Å². The molecule has 1 aromatic heterocycles. The molecule has 0 unspecified atom stereocenters. The van der Waals surface area contributed by atoms with E-state index in [9.17, 15) is 17.6 Å². The molecule has 0 aliphatic heterocycles. The van der Waals surface area contributed by atoms with Gasteiger partial charge in [0.25, 0.3) is 0 Å². The van der Waals surface area contributed by atoms with Crippen molar-refractivity contribution in [3.8, 4) is 11.4 Å². The molecular formula is C10H9F4N5. The maximum atomic E-state index is 13.6. The Hall–Kier alpha value is -2.19. The highest BCUT2D eigenvalue weighted by Crippen LogP contribution is 2.25. The summed E-state index contributed by atoms with van der Waals surface area (Å²) < 4.78 is 50.9. The lowest BCUT2D eigenvalue weighted by molar-refractivity contribution is -0.137. The first-order chi connectivity index (χ1) is 8.87. The van der Waals surface area contributed by atoms with E-state index in [2.05, 4.69) is 15.5 Å². The van der Waals surface area contributed by atoms with E-state index in [1.165, 1.54) is 12.1 Å². The van der Waals surface area contributed by atoms with Gasteiger partial charge in [-0.15, -0.1) is 5.10 Å². The van der Waals surface area contributed by atoms with Crippen LogP contribution in [0.3, 0.4) is 0 Å². The van der Waals surface area contributed by atoms with E-state index in [1.807, 2.05) is 0 Å². The monoisotopic (exact) mass is 275 g/mol. The van der Waals surface area contributed by atoms with E-state index in [0.717, 1.165) is 10.7 Å². The number of nitrogens with zero attached hydrogens (tertiary/aromatic N) is 4. The van der Waals surface area contributed by atoms with Crippen LogP contribution >= 0.6 is 0 Å². The summed E-state index contributed by atoms with van der Waals surface area (Å²) in [5.74, 6) is -0.744. The molecule has 19 heavy (non-hydrogen) atoms. The number of nitrogens with two attached hydrogens (primary N) is 1. The lowest BCUT2D eigenvalue weighted by Gasteiger charge is -2.08. The largest absolute Gasteiger partial charge is 0.399 e. The van der Waals surface area contributed by atoms with Crippen LogP contribution in [0, 0.1) is 5.82 Å². The van der Waals surface area contributed by atoms with Gasteiger partial charge in [0, 0.05) is 5.69 Å². The number of hydrogen-bond acceptors (Lipinski definition) is 4. The van der Waals surface area contributed by atoms with E-state index in [4.69, 9.17) is 5.73 Å². The zero-order valence-electron chi connectivity index (χ0n) is 9.52.